The van der Waals surface area contributed by atoms with E-state index in [1.54, 1.807) is 11.3 Å². The molecule has 3 rings (SSSR count). The van der Waals surface area contributed by atoms with E-state index in [1.165, 1.54) is 4.88 Å². The maximum atomic E-state index is 12.2. The van der Waals surface area contributed by atoms with Crippen LogP contribution < -0.4 is 10.6 Å². The zero-order valence-corrected chi connectivity index (χ0v) is 13.0. The van der Waals surface area contributed by atoms with Crippen molar-refractivity contribution in [3.05, 3.63) is 50.3 Å². The van der Waals surface area contributed by atoms with Gasteiger partial charge in [-0.1, -0.05) is 28.1 Å². The number of halogens is 1. The molecule has 3 nitrogen and oxygen atoms in total. The molecule has 2 heterocycles. The van der Waals surface area contributed by atoms with Crippen LogP contribution in [0.15, 0.2) is 28.7 Å². The van der Waals surface area contributed by atoms with Crippen LogP contribution in [0.1, 0.15) is 32.5 Å². The molecule has 1 atom stereocenters. The van der Waals surface area contributed by atoms with Crippen LogP contribution in [-0.4, -0.2) is 5.91 Å². The second kappa shape index (κ2) is 4.65. The molecule has 1 aliphatic heterocycles. The molecular formula is C14H13BrN2OS. The Morgan fingerprint density at radius 1 is 1.16 bits per heavy atom. The highest BCUT2D eigenvalue weighted by molar-refractivity contribution is 9.10. The van der Waals surface area contributed by atoms with Gasteiger partial charge >= 0.3 is 0 Å². The molecule has 2 aromatic rings. The Kier molecular flexibility index (Phi) is 3.11. The van der Waals surface area contributed by atoms with Gasteiger partial charge < -0.3 is 10.6 Å². The number of hydrogen-bond donors (Lipinski definition) is 2. The van der Waals surface area contributed by atoms with Crippen LogP contribution >= 0.6 is 27.3 Å². The molecule has 1 aromatic heterocycles. The van der Waals surface area contributed by atoms with Gasteiger partial charge in [-0.05, 0) is 37.1 Å². The Balaban J connectivity index is 1.97. The summed E-state index contributed by atoms with van der Waals surface area (Å²) in [5.41, 5.74) is 2.90. The minimum absolute atomic E-state index is 0.00326. The molecule has 1 aliphatic rings. The number of hydrogen-bond acceptors (Lipinski definition) is 3. The molecule has 5 heteroatoms. The smallest absolute Gasteiger partial charge is 0.256 e. The molecule has 0 aliphatic carbocycles. The fourth-order valence-electron chi connectivity index (χ4n) is 2.19. The number of amides is 1. The Hall–Kier alpha value is -1.33. The topological polar surface area (TPSA) is 41.1 Å². The predicted octanol–water partition coefficient (Wildman–Crippen LogP) is 3.98. The van der Waals surface area contributed by atoms with Crippen molar-refractivity contribution in [2.24, 2.45) is 0 Å². The van der Waals surface area contributed by atoms with Gasteiger partial charge in [-0.3, -0.25) is 4.79 Å². The minimum Gasteiger partial charge on any atom is -0.353 e. The summed E-state index contributed by atoms with van der Waals surface area (Å²) < 4.78 is 1.03. The summed E-state index contributed by atoms with van der Waals surface area (Å²) in [6.45, 7) is 4.04. The van der Waals surface area contributed by atoms with E-state index in [0.29, 0.717) is 0 Å². The molecule has 1 amide bonds. The van der Waals surface area contributed by atoms with Crippen molar-refractivity contribution in [2.75, 3.05) is 5.32 Å². The zero-order valence-electron chi connectivity index (χ0n) is 10.6. The van der Waals surface area contributed by atoms with E-state index >= 15 is 0 Å². The first-order valence-electron chi connectivity index (χ1n) is 5.99. The van der Waals surface area contributed by atoms with Crippen LogP contribution in [0.5, 0.6) is 0 Å². The van der Waals surface area contributed by atoms with Crippen LogP contribution in [0, 0.1) is 13.8 Å². The van der Waals surface area contributed by atoms with Gasteiger partial charge in [-0.15, -0.1) is 11.3 Å². The highest BCUT2D eigenvalue weighted by Gasteiger charge is 2.28. The van der Waals surface area contributed by atoms with Gasteiger partial charge in [0.25, 0.3) is 5.91 Å². The summed E-state index contributed by atoms with van der Waals surface area (Å²) in [5.74, 6) is 0.00326. The van der Waals surface area contributed by atoms with Crippen molar-refractivity contribution >= 4 is 38.2 Å². The van der Waals surface area contributed by atoms with E-state index in [2.05, 4.69) is 26.6 Å². The van der Waals surface area contributed by atoms with E-state index < -0.39 is 0 Å². The Bertz CT molecular complexity index is 648. The molecule has 2 N–H and O–H groups in total. The Morgan fingerprint density at radius 3 is 2.53 bits per heavy atom. The number of carbonyl (C=O) groups is 1. The van der Waals surface area contributed by atoms with Crippen molar-refractivity contribution in [1.29, 1.82) is 0 Å². The van der Waals surface area contributed by atoms with Gasteiger partial charge in [0.1, 0.15) is 11.2 Å². The lowest BCUT2D eigenvalue weighted by Gasteiger charge is -2.26. The molecule has 98 valence electrons. The average molecular weight is 337 g/mol. The summed E-state index contributed by atoms with van der Waals surface area (Å²) in [6, 6.07) is 7.95. The molecule has 0 spiro atoms. The number of benzene rings is 1. The van der Waals surface area contributed by atoms with Crippen LogP contribution in [0.2, 0.25) is 0 Å². The van der Waals surface area contributed by atoms with Gasteiger partial charge in [-0.25, -0.2) is 0 Å². The number of nitrogens with one attached hydrogen (secondary N) is 2. The maximum Gasteiger partial charge on any atom is 0.256 e. The minimum atomic E-state index is -0.162. The largest absolute Gasteiger partial charge is 0.353 e. The first-order chi connectivity index (χ1) is 9.06. The van der Waals surface area contributed by atoms with Gasteiger partial charge in [0.2, 0.25) is 0 Å². The van der Waals surface area contributed by atoms with Gasteiger partial charge in [0.05, 0.1) is 5.56 Å². The molecule has 1 aromatic carbocycles. The maximum absolute atomic E-state index is 12.2. The quantitative estimate of drug-likeness (QED) is 0.826. The fraction of sp³-hybridized carbons (Fsp3) is 0.214. The third-order valence-electron chi connectivity index (χ3n) is 3.37. The number of rotatable bonds is 1. The number of carbonyl (C=O) groups excluding carboxylic acids is 1. The average Bonchev–Trinajstić information content (AvgIpc) is 2.66. The zero-order chi connectivity index (χ0) is 13.6. The van der Waals surface area contributed by atoms with E-state index in [1.807, 2.05) is 38.1 Å². The summed E-state index contributed by atoms with van der Waals surface area (Å²) in [6.07, 6.45) is -0.162. The normalized spacial score (nSPS) is 17.6. The van der Waals surface area contributed by atoms with Crippen molar-refractivity contribution in [2.45, 2.75) is 20.0 Å². The van der Waals surface area contributed by atoms with Crippen LogP contribution in [0.25, 0.3) is 0 Å². The van der Waals surface area contributed by atoms with Crippen molar-refractivity contribution in [3.63, 3.8) is 0 Å². The van der Waals surface area contributed by atoms with Gasteiger partial charge in [-0.2, -0.15) is 0 Å². The van der Waals surface area contributed by atoms with Crippen molar-refractivity contribution in [3.8, 4) is 0 Å². The van der Waals surface area contributed by atoms with Crippen LogP contribution in [0.3, 0.4) is 0 Å². The van der Waals surface area contributed by atoms with Crippen molar-refractivity contribution in [1.82, 2.24) is 5.32 Å². The lowest BCUT2D eigenvalue weighted by atomic mass is 10.1. The molecule has 0 radical (unpaired) electrons. The van der Waals surface area contributed by atoms with E-state index in [-0.39, 0.29) is 12.1 Å². The van der Waals surface area contributed by atoms with E-state index in [0.717, 1.165) is 26.2 Å². The molecule has 0 bridgehead atoms. The monoisotopic (exact) mass is 336 g/mol. The molecule has 0 saturated heterocycles. The number of aryl methyl sites for hydroxylation is 1. The molecule has 0 fully saturated rings. The lowest BCUT2D eigenvalue weighted by molar-refractivity contribution is 0.0936. The second-order valence-corrected chi connectivity index (χ2v) is 6.73. The lowest BCUT2D eigenvalue weighted by Crippen LogP contribution is -2.38. The Labute approximate surface area is 124 Å². The molecular weight excluding hydrogens is 324 g/mol. The van der Waals surface area contributed by atoms with Gasteiger partial charge in [0.15, 0.2) is 0 Å². The number of fused-ring (bicyclic) bond motifs is 1. The summed E-state index contributed by atoms with van der Waals surface area (Å²) in [5, 5.41) is 7.36. The SMILES string of the molecule is Cc1sc2c(c1C)C(=O)N[C@@H](c1ccc(Br)cc1)N2. The Morgan fingerprint density at radius 2 is 1.84 bits per heavy atom. The fourth-order valence-corrected chi connectivity index (χ4v) is 3.54. The first kappa shape index (κ1) is 12.7. The molecule has 0 saturated carbocycles. The third kappa shape index (κ3) is 2.17. The van der Waals surface area contributed by atoms with E-state index in [9.17, 15) is 4.79 Å². The summed E-state index contributed by atoms with van der Waals surface area (Å²) in [4.78, 5) is 13.4. The predicted molar refractivity (Wildman–Crippen MR) is 81.8 cm³/mol. The third-order valence-corrected chi connectivity index (χ3v) is 5.03. The van der Waals surface area contributed by atoms with Crippen LogP contribution in [-0.2, 0) is 0 Å². The second-order valence-electron chi connectivity index (χ2n) is 4.59. The van der Waals surface area contributed by atoms with E-state index in [4.69, 9.17) is 0 Å². The standard InChI is InChI=1S/C14H13BrN2OS/c1-7-8(2)19-14-11(7)13(18)16-12(17-14)9-3-5-10(15)6-4-9/h3-6,12,17H,1-2H3,(H,16,18)/t12-/m1/s1. The molecule has 0 unspecified atom stereocenters. The van der Waals surface area contributed by atoms with Crippen LogP contribution in [0.4, 0.5) is 5.00 Å². The first-order valence-corrected chi connectivity index (χ1v) is 7.60. The highest BCUT2D eigenvalue weighted by atomic mass is 79.9. The van der Waals surface area contributed by atoms with Gasteiger partial charge in [0, 0.05) is 9.35 Å². The van der Waals surface area contributed by atoms with Crippen molar-refractivity contribution < 1.29 is 4.79 Å². The summed E-state index contributed by atoms with van der Waals surface area (Å²) >= 11 is 5.06. The molecule has 19 heavy (non-hydrogen) atoms. The summed E-state index contributed by atoms with van der Waals surface area (Å²) in [7, 11) is 0. The number of thiophene rings is 1. The highest BCUT2D eigenvalue weighted by Crippen LogP contribution is 2.37. The number of anilines is 1.